The van der Waals surface area contributed by atoms with Gasteiger partial charge in [0.05, 0.1) is 0 Å². The normalized spacial score (nSPS) is 8.11. The Labute approximate surface area is 58.1 Å². The van der Waals surface area contributed by atoms with Crippen LogP contribution in [0.15, 0.2) is 12.7 Å². The van der Waals surface area contributed by atoms with Crippen molar-refractivity contribution < 1.29 is 4.79 Å². The van der Waals surface area contributed by atoms with Crippen LogP contribution < -0.4 is 15.2 Å². The van der Waals surface area contributed by atoms with Gasteiger partial charge in [-0.15, -0.1) is 6.58 Å². The smallest absolute Gasteiger partial charge is 0.325 e. The predicted molar refractivity (Wildman–Crippen MR) is 38.5 cm³/mol. The van der Waals surface area contributed by atoms with Crippen LogP contribution in [0.5, 0.6) is 0 Å². The van der Waals surface area contributed by atoms with E-state index in [2.05, 4.69) is 16.6 Å². The molecule has 4 nitrogen and oxygen atoms in total. The first-order valence-corrected chi connectivity index (χ1v) is 3.19. The minimum Gasteiger partial charge on any atom is -0.334 e. The molecule has 2 amide bonds. The fraction of sp³-hybridized carbons (Fsp3) is 0.250. The van der Waals surface area contributed by atoms with E-state index in [0.717, 1.165) is 12.1 Å². The molecular formula is C4H9N3OS. The molecule has 0 rings (SSSR count). The molecule has 0 heterocycles. The molecular weight excluding hydrogens is 138 g/mol. The van der Waals surface area contributed by atoms with E-state index >= 15 is 0 Å². The summed E-state index contributed by atoms with van der Waals surface area (Å²) in [6.07, 6.45) is 1.58. The Hall–Kier alpha value is -0.680. The third-order valence-electron chi connectivity index (χ3n) is 0.559. The second kappa shape index (κ2) is 5.46. The van der Waals surface area contributed by atoms with Gasteiger partial charge in [-0.3, -0.25) is 9.86 Å². The summed E-state index contributed by atoms with van der Waals surface area (Å²) >= 11 is 0.764. The van der Waals surface area contributed by atoms with Gasteiger partial charge in [-0.05, 0) is 0 Å². The SMILES string of the molecule is C=CCNC(=O)NSN. The van der Waals surface area contributed by atoms with E-state index < -0.39 is 0 Å². The molecule has 0 aliphatic carbocycles. The number of carbonyl (C=O) groups excluding carboxylic acids is 1. The van der Waals surface area contributed by atoms with Crippen LogP contribution in [0.4, 0.5) is 4.79 Å². The lowest BCUT2D eigenvalue weighted by molar-refractivity contribution is 0.247. The first-order valence-electron chi connectivity index (χ1n) is 2.31. The van der Waals surface area contributed by atoms with Crippen molar-refractivity contribution in [2.75, 3.05) is 6.54 Å². The lowest BCUT2D eigenvalue weighted by Crippen LogP contribution is -2.32. The number of carbonyl (C=O) groups is 1. The van der Waals surface area contributed by atoms with Crippen molar-refractivity contribution >= 4 is 18.2 Å². The van der Waals surface area contributed by atoms with Crippen LogP contribution >= 0.6 is 12.1 Å². The highest BCUT2D eigenvalue weighted by Crippen LogP contribution is 1.73. The number of nitrogens with one attached hydrogen (secondary N) is 2. The summed E-state index contributed by atoms with van der Waals surface area (Å²) in [7, 11) is 0. The van der Waals surface area contributed by atoms with Crippen molar-refractivity contribution in [2.45, 2.75) is 0 Å². The molecule has 9 heavy (non-hydrogen) atoms. The van der Waals surface area contributed by atoms with Gasteiger partial charge in [-0.25, -0.2) is 4.79 Å². The van der Waals surface area contributed by atoms with E-state index in [9.17, 15) is 4.79 Å². The van der Waals surface area contributed by atoms with E-state index in [0.29, 0.717) is 6.54 Å². The van der Waals surface area contributed by atoms with Crippen LogP contribution in [0.25, 0.3) is 0 Å². The molecule has 0 saturated carbocycles. The van der Waals surface area contributed by atoms with Gasteiger partial charge in [0.15, 0.2) is 0 Å². The molecule has 0 aliphatic heterocycles. The maximum Gasteiger partial charge on any atom is 0.325 e. The third-order valence-corrected chi connectivity index (χ3v) is 0.862. The molecule has 0 saturated heterocycles. The molecule has 0 fully saturated rings. The fourth-order valence-corrected chi connectivity index (χ4v) is 0.434. The molecule has 0 aromatic heterocycles. The highest BCUT2D eigenvalue weighted by atomic mass is 32.2. The summed E-state index contributed by atoms with van der Waals surface area (Å²) in [5.74, 6) is 0. The van der Waals surface area contributed by atoms with E-state index in [1.54, 1.807) is 6.08 Å². The Morgan fingerprint density at radius 3 is 3.00 bits per heavy atom. The summed E-state index contributed by atoms with van der Waals surface area (Å²) in [5.41, 5.74) is 0. The first-order chi connectivity index (χ1) is 4.31. The maximum atomic E-state index is 10.4. The van der Waals surface area contributed by atoms with E-state index in [4.69, 9.17) is 5.14 Å². The summed E-state index contributed by atoms with van der Waals surface area (Å²) in [4.78, 5) is 10.4. The van der Waals surface area contributed by atoms with Crippen molar-refractivity contribution in [2.24, 2.45) is 5.14 Å². The zero-order chi connectivity index (χ0) is 7.11. The van der Waals surface area contributed by atoms with Crippen molar-refractivity contribution in [3.63, 3.8) is 0 Å². The topological polar surface area (TPSA) is 67.2 Å². The molecule has 0 aromatic carbocycles. The van der Waals surface area contributed by atoms with E-state index in [-0.39, 0.29) is 6.03 Å². The number of rotatable bonds is 3. The molecule has 5 heteroatoms. The van der Waals surface area contributed by atoms with Gasteiger partial charge in [0.2, 0.25) is 0 Å². The predicted octanol–water partition coefficient (Wildman–Crippen LogP) is -0.00650. The van der Waals surface area contributed by atoms with Crippen LogP contribution in [0.1, 0.15) is 0 Å². The highest BCUT2D eigenvalue weighted by Gasteiger charge is 1.92. The highest BCUT2D eigenvalue weighted by molar-refractivity contribution is 7.95. The van der Waals surface area contributed by atoms with Gasteiger partial charge in [-0.1, -0.05) is 6.08 Å². The Morgan fingerprint density at radius 1 is 1.89 bits per heavy atom. The largest absolute Gasteiger partial charge is 0.334 e. The fourth-order valence-electron chi connectivity index (χ4n) is 0.254. The maximum absolute atomic E-state index is 10.4. The van der Waals surface area contributed by atoms with Crippen molar-refractivity contribution in [3.05, 3.63) is 12.7 Å². The third kappa shape index (κ3) is 5.19. The van der Waals surface area contributed by atoms with Crippen molar-refractivity contribution in [1.29, 1.82) is 0 Å². The van der Waals surface area contributed by atoms with Crippen LogP contribution in [0, 0.1) is 0 Å². The minimum atomic E-state index is -0.303. The summed E-state index contributed by atoms with van der Waals surface area (Å²) in [6, 6.07) is -0.303. The van der Waals surface area contributed by atoms with Crippen LogP contribution in [-0.2, 0) is 0 Å². The quantitative estimate of drug-likeness (QED) is 0.388. The van der Waals surface area contributed by atoms with Crippen LogP contribution in [-0.4, -0.2) is 12.6 Å². The zero-order valence-electron chi connectivity index (χ0n) is 4.89. The average Bonchev–Trinajstić information content (AvgIpc) is 1.85. The second-order valence-corrected chi connectivity index (χ2v) is 1.66. The summed E-state index contributed by atoms with van der Waals surface area (Å²) in [5, 5.41) is 7.38. The number of amides is 2. The van der Waals surface area contributed by atoms with Gasteiger partial charge in [-0.2, -0.15) is 0 Å². The molecule has 4 N–H and O–H groups in total. The van der Waals surface area contributed by atoms with Crippen molar-refractivity contribution in [3.8, 4) is 0 Å². The zero-order valence-corrected chi connectivity index (χ0v) is 5.70. The number of hydrogen-bond donors (Lipinski definition) is 3. The van der Waals surface area contributed by atoms with Gasteiger partial charge in [0, 0.05) is 18.7 Å². The molecule has 52 valence electrons. The van der Waals surface area contributed by atoms with Gasteiger partial charge in [0.1, 0.15) is 0 Å². The van der Waals surface area contributed by atoms with E-state index in [1.165, 1.54) is 0 Å². The van der Waals surface area contributed by atoms with E-state index in [1.807, 2.05) is 0 Å². The lowest BCUT2D eigenvalue weighted by Gasteiger charge is -1.99. The Morgan fingerprint density at radius 2 is 2.56 bits per heavy atom. The molecule has 0 bridgehead atoms. The Bertz CT molecular complexity index is 106. The summed E-state index contributed by atoms with van der Waals surface area (Å²) in [6.45, 7) is 3.86. The van der Waals surface area contributed by atoms with Crippen molar-refractivity contribution in [1.82, 2.24) is 10.0 Å². The number of nitrogens with two attached hydrogens (primary N) is 1. The van der Waals surface area contributed by atoms with Crippen LogP contribution in [0.2, 0.25) is 0 Å². The van der Waals surface area contributed by atoms with Gasteiger partial charge in [0.25, 0.3) is 0 Å². The van der Waals surface area contributed by atoms with Gasteiger partial charge < -0.3 is 5.32 Å². The lowest BCUT2D eigenvalue weighted by atomic mass is 10.6. The van der Waals surface area contributed by atoms with Gasteiger partial charge >= 0.3 is 6.03 Å². The standard InChI is InChI=1S/C4H9N3OS/c1-2-3-6-4(8)7-9-5/h2H,1,3,5H2,(H2,6,7,8). The minimum absolute atomic E-state index is 0.303. The number of urea groups is 1. The first kappa shape index (κ1) is 8.32. The number of hydrogen-bond acceptors (Lipinski definition) is 3. The molecule has 0 unspecified atom stereocenters. The molecule has 0 radical (unpaired) electrons. The molecule has 0 aromatic rings. The molecule has 0 atom stereocenters. The molecule has 0 aliphatic rings. The second-order valence-electron chi connectivity index (χ2n) is 1.22. The molecule has 0 spiro atoms. The summed E-state index contributed by atoms with van der Waals surface area (Å²) < 4.78 is 2.28. The van der Waals surface area contributed by atoms with Crippen LogP contribution in [0.3, 0.4) is 0 Å². The average molecular weight is 147 g/mol. The Balaban J connectivity index is 3.16. The Kier molecular flexibility index (Phi) is 5.04. The monoisotopic (exact) mass is 147 g/mol.